The summed E-state index contributed by atoms with van der Waals surface area (Å²) in [5.74, 6) is 5.34. The number of aliphatic hydroxyl groups is 1. The Balaban J connectivity index is 1.23. The molecule has 0 bridgehead atoms. The zero-order chi connectivity index (χ0) is 26.7. The van der Waals surface area contributed by atoms with Gasteiger partial charge in [0, 0.05) is 24.4 Å². The van der Waals surface area contributed by atoms with E-state index in [0.29, 0.717) is 34.5 Å². The summed E-state index contributed by atoms with van der Waals surface area (Å²) in [6, 6.07) is 3.89. The van der Waals surface area contributed by atoms with Gasteiger partial charge in [-0.25, -0.2) is 0 Å². The quantitative estimate of drug-likeness (QED) is 0.466. The smallest absolute Gasteiger partial charge is 0.216 e. The van der Waals surface area contributed by atoms with Gasteiger partial charge < -0.3 is 24.1 Å². The number of benzene rings is 1. The SMILES string of the molecule is COc1cc(C2=NCCC([C@H]3CC[C@H]4[C@@H]5CC=C6C[C@@H](O)CC[C@]6(C)[C@H]5CC[C@]34C)O2)cc(OC)c1OC. The summed E-state index contributed by atoms with van der Waals surface area (Å²) in [5, 5.41) is 10.3. The van der Waals surface area contributed by atoms with E-state index in [1.807, 2.05) is 12.1 Å². The fourth-order valence-electron chi connectivity index (χ4n) is 9.47. The van der Waals surface area contributed by atoms with E-state index >= 15 is 0 Å². The van der Waals surface area contributed by atoms with Crippen molar-refractivity contribution in [2.24, 2.45) is 39.5 Å². The third-order valence-electron chi connectivity index (χ3n) is 11.4. The number of aliphatic imine (C=N–C) groups is 1. The van der Waals surface area contributed by atoms with Crippen LogP contribution in [0.2, 0.25) is 0 Å². The van der Waals surface area contributed by atoms with Crippen LogP contribution in [0.5, 0.6) is 17.2 Å². The highest BCUT2D eigenvalue weighted by Gasteiger charge is 2.60. The van der Waals surface area contributed by atoms with Crippen LogP contribution in [0.3, 0.4) is 0 Å². The maximum absolute atomic E-state index is 10.3. The summed E-state index contributed by atoms with van der Waals surface area (Å²) in [7, 11) is 4.91. The lowest BCUT2D eigenvalue weighted by Gasteiger charge is -2.58. The highest BCUT2D eigenvalue weighted by atomic mass is 16.5. The van der Waals surface area contributed by atoms with E-state index in [-0.39, 0.29) is 17.6 Å². The van der Waals surface area contributed by atoms with E-state index in [0.717, 1.165) is 55.5 Å². The van der Waals surface area contributed by atoms with Gasteiger partial charge in [0.15, 0.2) is 11.5 Å². The molecule has 1 heterocycles. The van der Waals surface area contributed by atoms with Gasteiger partial charge in [-0.2, -0.15) is 0 Å². The first-order valence-corrected chi connectivity index (χ1v) is 14.7. The molecule has 6 heteroatoms. The summed E-state index contributed by atoms with van der Waals surface area (Å²) in [4.78, 5) is 4.79. The normalized spacial score (nSPS) is 40.1. The van der Waals surface area contributed by atoms with Gasteiger partial charge in [0.25, 0.3) is 0 Å². The van der Waals surface area contributed by atoms with E-state index in [1.165, 1.54) is 32.1 Å². The van der Waals surface area contributed by atoms with Crippen molar-refractivity contribution in [1.29, 1.82) is 0 Å². The van der Waals surface area contributed by atoms with Crippen molar-refractivity contribution in [1.82, 2.24) is 0 Å². The number of allylic oxidation sites excluding steroid dienone is 1. The fourth-order valence-corrected chi connectivity index (χ4v) is 9.47. The Labute approximate surface area is 227 Å². The van der Waals surface area contributed by atoms with E-state index in [4.69, 9.17) is 23.9 Å². The molecule has 3 saturated carbocycles. The number of fused-ring (bicyclic) bond motifs is 5. The standard InChI is InChI=1S/C32H45NO5/c1-31-13-10-21(34)18-20(31)6-7-22-23-8-9-25(32(23,2)14-11-24(22)31)26-12-15-33-30(38-26)19-16-27(35-3)29(37-5)28(17-19)36-4/h6,16-17,21-26,34H,7-15,18H2,1-5H3/t21-,22-,23-,24-,25+,26?,31-,32-/m0/s1. The molecular formula is C32H45NO5. The predicted molar refractivity (Wildman–Crippen MR) is 148 cm³/mol. The van der Waals surface area contributed by atoms with Gasteiger partial charge in [0.05, 0.1) is 27.4 Å². The van der Waals surface area contributed by atoms with Crippen molar-refractivity contribution in [3.8, 4) is 17.2 Å². The first-order chi connectivity index (χ1) is 18.3. The second-order valence-electron chi connectivity index (χ2n) is 12.9. The Morgan fingerprint density at radius 3 is 2.34 bits per heavy atom. The van der Waals surface area contributed by atoms with Crippen LogP contribution >= 0.6 is 0 Å². The van der Waals surface area contributed by atoms with Gasteiger partial charge in [-0.1, -0.05) is 25.5 Å². The lowest BCUT2D eigenvalue weighted by Crippen LogP contribution is -2.51. The summed E-state index contributed by atoms with van der Waals surface area (Å²) in [6.07, 6.45) is 12.9. The van der Waals surface area contributed by atoms with Crippen LogP contribution in [0.15, 0.2) is 28.8 Å². The number of rotatable bonds is 5. The zero-order valence-electron chi connectivity index (χ0n) is 23.8. The number of ether oxygens (including phenoxy) is 4. The minimum Gasteiger partial charge on any atom is -0.493 e. The Hall–Kier alpha value is -2.21. The molecule has 3 fully saturated rings. The average molecular weight is 524 g/mol. The molecule has 208 valence electrons. The fraction of sp³-hybridized carbons (Fsp3) is 0.719. The van der Waals surface area contributed by atoms with Crippen LogP contribution < -0.4 is 14.2 Å². The molecule has 1 N–H and O–H groups in total. The maximum atomic E-state index is 10.3. The van der Waals surface area contributed by atoms with Crippen molar-refractivity contribution in [3.63, 3.8) is 0 Å². The van der Waals surface area contributed by atoms with Gasteiger partial charge in [-0.15, -0.1) is 0 Å². The highest BCUT2D eigenvalue weighted by Crippen LogP contribution is 2.67. The monoisotopic (exact) mass is 523 g/mol. The molecule has 0 saturated heterocycles. The molecule has 1 aromatic carbocycles. The summed E-state index contributed by atoms with van der Waals surface area (Å²) in [5.41, 5.74) is 3.02. The lowest BCUT2D eigenvalue weighted by molar-refractivity contribution is -0.0698. The van der Waals surface area contributed by atoms with Crippen molar-refractivity contribution in [2.45, 2.75) is 83.8 Å². The Morgan fingerprint density at radius 2 is 1.63 bits per heavy atom. The third kappa shape index (κ3) is 3.96. The molecule has 0 spiro atoms. The molecule has 6 nitrogen and oxygen atoms in total. The molecule has 5 aliphatic rings. The molecule has 1 aliphatic heterocycles. The highest BCUT2D eigenvalue weighted by molar-refractivity contribution is 5.96. The number of nitrogens with zero attached hydrogens (tertiary/aromatic N) is 1. The number of aliphatic hydroxyl groups excluding tert-OH is 1. The second-order valence-corrected chi connectivity index (χ2v) is 12.9. The van der Waals surface area contributed by atoms with Crippen LogP contribution in [0.4, 0.5) is 0 Å². The average Bonchev–Trinajstić information content (AvgIpc) is 3.29. The Kier molecular flexibility index (Phi) is 6.69. The van der Waals surface area contributed by atoms with Gasteiger partial charge in [0.2, 0.25) is 11.6 Å². The minimum absolute atomic E-state index is 0.138. The third-order valence-corrected chi connectivity index (χ3v) is 11.4. The van der Waals surface area contributed by atoms with Crippen LogP contribution in [-0.2, 0) is 4.74 Å². The summed E-state index contributed by atoms with van der Waals surface area (Å²) in [6.45, 7) is 5.87. The number of methoxy groups -OCH3 is 3. The summed E-state index contributed by atoms with van der Waals surface area (Å²) >= 11 is 0. The van der Waals surface area contributed by atoms with Crippen LogP contribution in [0.25, 0.3) is 0 Å². The minimum atomic E-state index is -0.138. The van der Waals surface area contributed by atoms with Crippen LogP contribution in [0, 0.1) is 34.5 Å². The van der Waals surface area contributed by atoms with E-state index in [1.54, 1.807) is 26.9 Å². The van der Waals surface area contributed by atoms with E-state index in [9.17, 15) is 5.11 Å². The molecule has 38 heavy (non-hydrogen) atoms. The molecular weight excluding hydrogens is 478 g/mol. The molecule has 4 aliphatic carbocycles. The number of hydrogen-bond donors (Lipinski definition) is 1. The molecule has 0 radical (unpaired) electrons. The molecule has 0 aromatic heterocycles. The second kappa shape index (κ2) is 9.76. The number of hydrogen-bond acceptors (Lipinski definition) is 6. The van der Waals surface area contributed by atoms with Crippen molar-refractivity contribution in [2.75, 3.05) is 27.9 Å². The molecule has 1 aromatic rings. The van der Waals surface area contributed by atoms with Crippen LogP contribution in [0.1, 0.15) is 77.2 Å². The topological polar surface area (TPSA) is 69.5 Å². The lowest BCUT2D eigenvalue weighted by atomic mass is 9.47. The predicted octanol–water partition coefficient (Wildman–Crippen LogP) is 6.19. The zero-order valence-corrected chi connectivity index (χ0v) is 23.8. The van der Waals surface area contributed by atoms with Gasteiger partial charge >= 0.3 is 0 Å². The van der Waals surface area contributed by atoms with Gasteiger partial charge in [0.1, 0.15) is 6.10 Å². The molecule has 8 atom stereocenters. The molecule has 6 rings (SSSR count). The van der Waals surface area contributed by atoms with Gasteiger partial charge in [-0.3, -0.25) is 4.99 Å². The van der Waals surface area contributed by atoms with E-state index in [2.05, 4.69) is 19.9 Å². The van der Waals surface area contributed by atoms with Crippen molar-refractivity contribution < 1.29 is 24.1 Å². The van der Waals surface area contributed by atoms with Crippen molar-refractivity contribution in [3.05, 3.63) is 29.3 Å². The molecule has 1 unspecified atom stereocenters. The Bertz CT molecular complexity index is 1100. The first kappa shape index (κ1) is 26.0. The largest absolute Gasteiger partial charge is 0.493 e. The maximum Gasteiger partial charge on any atom is 0.216 e. The summed E-state index contributed by atoms with van der Waals surface area (Å²) < 4.78 is 23.5. The van der Waals surface area contributed by atoms with Crippen molar-refractivity contribution >= 4 is 5.90 Å². The first-order valence-electron chi connectivity index (χ1n) is 14.7. The molecule has 0 amide bonds. The van der Waals surface area contributed by atoms with E-state index < -0.39 is 0 Å². The van der Waals surface area contributed by atoms with Gasteiger partial charge in [-0.05, 0) is 92.1 Å². The Morgan fingerprint density at radius 1 is 0.895 bits per heavy atom. The van der Waals surface area contributed by atoms with Crippen LogP contribution in [-0.4, -0.2) is 51.1 Å².